The minimum absolute atomic E-state index is 0.0675. The van der Waals surface area contributed by atoms with Gasteiger partial charge in [-0.3, -0.25) is 4.99 Å². The van der Waals surface area contributed by atoms with E-state index < -0.39 is 0 Å². The molecule has 2 heteroatoms. The molecule has 0 aromatic carbocycles. The molecule has 62 valence electrons. The van der Waals surface area contributed by atoms with Crippen LogP contribution in [0.15, 0.2) is 4.99 Å². The Balaban J connectivity index is 3.84. The number of nitrogens with two attached hydrogens (primary N) is 1. The monoisotopic (exact) mass is 152 g/mol. The number of nitrogens with zero attached hydrogens (tertiary/aromatic N) is 1. The Kier molecular flexibility index (Phi) is 3.67. The first-order valence-electron chi connectivity index (χ1n) is 3.68. The number of rotatable bonds is 1. The van der Waals surface area contributed by atoms with Gasteiger partial charge in [-0.15, -0.1) is 0 Å². The number of hydrogen-bond donors (Lipinski definition) is 1. The van der Waals surface area contributed by atoms with E-state index in [0.717, 1.165) is 0 Å². The van der Waals surface area contributed by atoms with E-state index in [1.165, 1.54) is 0 Å². The van der Waals surface area contributed by atoms with Gasteiger partial charge in [0.25, 0.3) is 0 Å². The van der Waals surface area contributed by atoms with Crippen molar-refractivity contribution in [3.05, 3.63) is 0 Å². The summed E-state index contributed by atoms with van der Waals surface area (Å²) < 4.78 is 0. The second-order valence-electron chi connectivity index (χ2n) is 3.51. The van der Waals surface area contributed by atoms with Crippen LogP contribution in [-0.4, -0.2) is 12.4 Å². The van der Waals surface area contributed by atoms with Gasteiger partial charge in [0, 0.05) is 5.41 Å². The fourth-order valence-corrected chi connectivity index (χ4v) is 0.469. The SMILES string of the molecule is CC(N)=NCC#CC(C)(C)C. The molecule has 0 bridgehead atoms. The van der Waals surface area contributed by atoms with Crippen molar-refractivity contribution in [1.82, 2.24) is 0 Å². The molecule has 0 amide bonds. The van der Waals surface area contributed by atoms with Crippen molar-refractivity contribution in [2.75, 3.05) is 6.54 Å². The fraction of sp³-hybridized carbons (Fsp3) is 0.667. The van der Waals surface area contributed by atoms with E-state index in [0.29, 0.717) is 12.4 Å². The Hall–Kier alpha value is -0.970. The summed E-state index contributed by atoms with van der Waals surface area (Å²) in [4.78, 5) is 3.95. The van der Waals surface area contributed by atoms with Crippen LogP contribution >= 0.6 is 0 Å². The van der Waals surface area contributed by atoms with Crippen LogP contribution in [0.1, 0.15) is 27.7 Å². The zero-order valence-electron chi connectivity index (χ0n) is 7.73. The molecule has 0 fully saturated rings. The van der Waals surface area contributed by atoms with Gasteiger partial charge in [0.1, 0.15) is 6.54 Å². The summed E-state index contributed by atoms with van der Waals surface area (Å²) in [6.07, 6.45) is 0. The Morgan fingerprint density at radius 1 is 1.45 bits per heavy atom. The zero-order valence-corrected chi connectivity index (χ0v) is 7.73. The van der Waals surface area contributed by atoms with Crippen LogP contribution in [0.3, 0.4) is 0 Å². The average Bonchev–Trinajstić information content (AvgIpc) is 1.78. The van der Waals surface area contributed by atoms with Gasteiger partial charge < -0.3 is 5.73 Å². The van der Waals surface area contributed by atoms with E-state index in [9.17, 15) is 0 Å². The molecule has 0 heterocycles. The Labute approximate surface area is 68.9 Å². The summed E-state index contributed by atoms with van der Waals surface area (Å²) in [5, 5.41) is 0. The summed E-state index contributed by atoms with van der Waals surface area (Å²) in [6, 6.07) is 0. The van der Waals surface area contributed by atoms with E-state index in [1.807, 2.05) is 0 Å². The van der Waals surface area contributed by atoms with Gasteiger partial charge in [-0.05, 0) is 27.7 Å². The molecule has 0 aromatic rings. The second-order valence-corrected chi connectivity index (χ2v) is 3.51. The summed E-state index contributed by atoms with van der Waals surface area (Å²) >= 11 is 0. The molecule has 2 nitrogen and oxygen atoms in total. The third kappa shape index (κ3) is 9.03. The molecular formula is C9H16N2. The molecule has 0 saturated carbocycles. The van der Waals surface area contributed by atoms with Gasteiger partial charge in [-0.25, -0.2) is 0 Å². The van der Waals surface area contributed by atoms with E-state index in [1.54, 1.807) is 6.92 Å². The minimum atomic E-state index is 0.0675. The molecule has 0 unspecified atom stereocenters. The van der Waals surface area contributed by atoms with Gasteiger partial charge >= 0.3 is 0 Å². The van der Waals surface area contributed by atoms with Gasteiger partial charge in [0.2, 0.25) is 0 Å². The summed E-state index contributed by atoms with van der Waals surface area (Å²) in [7, 11) is 0. The predicted octanol–water partition coefficient (Wildman–Crippen LogP) is 1.41. The maximum atomic E-state index is 5.32. The molecule has 0 saturated heterocycles. The first kappa shape index (κ1) is 10.0. The quantitative estimate of drug-likeness (QED) is 0.344. The van der Waals surface area contributed by atoms with Gasteiger partial charge in [0.15, 0.2) is 0 Å². The molecule has 0 aliphatic rings. The molecule has 0 atom stereocenters. The zero-order chi connectivity index (χ0) is 8.91. The Morgan fingerprint density at radius 2 is 2.00 bits per heavy atom. The van der Waals surface area contributed by atoms with E-state index in [4.69, 9.17) is 5.73 Å². The largest absolute Gasteiger partial charge is 0.388 e. The van der Waals surface area contributed by atoms with Crippen molar-refractivity contribution in [3.8, 4) is 11.8 Å². The Morgan fingerprint density at radius 3 is 2.36 bits per heavy atom. The topological polar surface area (TPSA) is 38.4 Å². The minimum Gasteiger partial charge on any atom is -0.388 e. The molecule has 0 aromatic heterocycles. The second kappa shape index (κ2) is 4.02. The lowest BCUT2D eigenvalue weighted by molar-refractivity contribution is 0.570. The molecule has 0 aliphatic carbocycles. The first-order valence-corrected chi connectivity index (χ1v) is 3.68. The van der Waals surface area contributed by atoms with Crippen LogP contribution in [0.5, 0.6) is 0 Å². The highest BCUT2D eigenvalue weighted by Gasteiger charge is 2.02. The van der Waals surface area contributed by atoms with Crippen LogP contribution in [0, 0.1) is 17.3 Å². The molecule has 0 aliphatic heterocycles. The van der Waals surface area contributed by atoms with Crippen LogP contribution < -0.4 is 5.73 Å². The normalized spacial score (nSPS) is 12.2. The van der Waals surface area contributed by atoms with Gasteiger partial charge in [-0.1, -0.05) is 11.8 Å². The van der Waals surface area contributed by atoms with Crippen LogP contribution in [-0.2, 0) is 0 Å². The van der Waals surface area contributed by atoms with Crippen molar-refractivity contribution in [3.63, 3.8) is 0 Å². The molecule has 0 spiro atoms. The highest BCUT2D eigenvalue weighted by molar-refractivity contribution is 5.77. The summed E-state index contributed by atoms with van der Waals surface area (Å²) in [6.45, 7) is 8.48. The summed E-state index contributed by atoms with van der Waals surface area (Å²) in [5.74, 6) is 6.59. The van der Waals surface area contributed by atoms with E-state index in [2.05, 4.69) is 37.6 Å². The highest BCUT2D eigenvalue weighted by atomic mass is 14.8. The third-order valence-electron chi connectivity index (χ3n) is 0.871. The number of amidine groups is 1. The lowest BCUT2D eigenvalue weighted by Crippen LogP contribution is -2.05. The summed E-state index contributed by atoms with van der Waals surface area (Å²) in [5.41, 5.74) is 5.39. The maximum absolute atomic E-state index is 5.32. The Bertz CT molecular complexity index is 194. The number of hydrogen-bond acceptors (Lipinski definition) is 1. The molecular weight excluding hydrogens is 136 g/mol. The van der Waals surface area contributed by atoms with Crippen LogP contribution in [0.4, 0.5) is 0 Å². The van der Waals surface area contributed by atoms with Gasteiger partial charge in [0.05, 0.1) is 5.84 Å². The number of aliphatic imine (C=N–C) groups is 1. The maximum Gasteiger partial charge on any atom is 0.102 e. The molecule has 0 rings (SSSR count). The van der Waals surface area contributed by atoms with Crippen LogP contribution in [0.2, 0.25) is 0 Å². The fourth-order valence-electron chi connectivity index (χ4n) is 0.469. The predicted molar refractivity (Wildman–Crippen MR) is 49.4 cm³/mol. The van der Waals surface area contributed by atoms with Crippen molar-refractivity contribution < 1.29 is 0 Å². The van der Waals surface area contributed by atoms with Crippen LogP contribution in [0.25, 0.3) is 0 Å². The molecule has 11 heavy (non-hydrogen) atoms. The van der Waals surface area contributed by atoms with E-state index in [-0.39, 0.29) is 5.41 Å². The lowest BCUT2D eigenvalue weighted by atomic mass is 9.98. The smallest absolute Gasteiger partial charge is 0.102 e. The van der Waals surface area contributed by atoms with Crippen molar-refractivity contribution >= 4 is 5.84 Å². The molecule has 0 radical (unpaired) electrons. The van der Waals surface area contributed by atoms with Crippen molar-refractivity contribution in [2.45, 2.75) is 27.7 Å². The van der Waals surface area contributed by atoms with E-state index >= 15 is 0 Å². The highest BCUT2D eigenvalue weighted by Crippen LogP contribution is 2.09. The third-order valence-corrected chi connectivity index (χ3v) is 0.871. The molecule has 2 N–H and O–H groups in total. The average molecular weight is 152 g/mol. The van der Waals surface area contributed by atoms with Gasteiger partial charge in [-0.2, -0.15) is 0 Å². The van der Waals surface area contributed by atoms with Crippen molar-refractivity contribution in [1.29, 1.82) is 0 Å². The lowest BCUT2D eigenvalue weighted by Gasteiger charge is -2.06. The van der Waals surface area contributed by atoms with Crippen molar-refractivity contribution in [2.24, 2.45) is 16.1 Å². The first-order chi connectivity index (χ1) is 4.92. The standard InChI is InChI=1S/C9H16N2/c1-8(10)11-7-5-6-9(2,3)4/h7H2,1-4H3,(H2,10,11).